The Morgan fingerprint density at radius 3 is 1.62 bits per heavy atom. The monoisotopic (exact) mass is 458 g/mol. The van der Waals surface area contributed by atoms with Crippen LogP contribution in [0.4, 0.5) is 0 Å². The van der Waals surface area contributed by atoms with Gasteiger partial charge in [0.2, 0.25) is 0 Å². The van der Waals surface area contributed by atoms with Crippen LogP contribution in [-0.2, 0) is 21.3 Å². The Labute approximate surface area is 176 Å². The molecule has 2 atom stereocenters. The average molecular weight is 461 g/mol. The van der Waals surface area contributed by atoms with E-state index in [1.54, 1.807) is 11.1 Å². The van der Waals surface area contributed by atoms with Crippen molar-refractivity contribution in [3.05, 3.63) is 82.9 Å². The molecule has 0 nitrogen and oxygen atoms in total. The summed E-state index contributed by atoms with van der Waals surface area (Å²) in [6.07, 6.45) is 15.6. The number of rotatable bonds is 2. The van der Waals surface area contributed by atoms with Gasteiger partial charge in [0, 0.05) is 0 Å². The summed E-state index contributed by atoms with van der Waals surface area (Å²) in [5.74, 6) is 0. The molecule has 0 amide bonds. The van der Waals surface area contributed by atoms with Crippen molar-refractivity contribution >= 4 is 15.4 Å². The molecular formula is C23H22Cl2Zr. The molecule has 0 N–H and O–H groups in total. The Balaban J connectivity index is 0.000000980. The fourth-order valence-corrected chi connectivity index (χ4v) is 14.6. The van der Waals surface area contributed by atoms with Gasteiger partial charge in [-0.25, -0.2) is 0 Å². The zero-order chi connectivity index (χ0) is 15.9. The molecule has 1 fully saturated rings. The molecule has 1 saturated carbocycles. The van der Waals surface area contributed by atoms with Crippen molar-refractivity contribution in [3.63, 3.8) is 0 Å². The molecule has 0 aromatic heterocycles. The second-order valence-corrected chi connectivity index (χ2v) is 14.2. The van der Waals surface area contributed by atoms with Crippen molar-refractivity contribution < 1.29 is 46.1 Å². The molecule has 2 aromatic rings. The van der Waals surface area contributed by atoms with Gasteiger partial charge in [-0.1, -0.05) is 0 Å². The van der Waals surface area contributed by atoms with Crippen LogP contribution in [0.25, 0.3) is 12.2 Å². The summed E-state index contributed by atoms with van der Waals surface area (Å²) >= 11 is -1.85. The van der Waals surface area contributed by atoms with E-state index in [1.807, 2.05) is 3.21 Å². The van der Waals surface area contributed by atoms with Gasteiger partial charge in [-0.3, -0.25) is 0 Å². The fourth-order valence-electron chi connectivity index (χ4n) is 4.77. The van der Waals surface area contributed by atoms with Crippen LogP contribution in [0, 0.1) is 0 Å². The van der Waals surface area contributed by atoms with Crippen LogP contribution in [0.5, 0.6) is 0 Å². The predicted octanol–water partition coefficient (Wildman–Crippen LogP) is -0.105. The Morgan fingerprint density at radius 1 is 0.654 bits per heavy atom. The zero-order valence-electron chi connectivity index (χ0n) is 14.7. The molecule has 0 radical (unpaired) electrons. The van der Waals surface area contributed by atoms with E-state index in [1.165, 1.54) is 36.8 Å². The normalized spacial score (nSPS) is 21.4. The minimum Gasteiger partial charge on any atom is -1.00 e. The van der Waals surface area contributed by atoms with Crippen LogP contribution in [-0.4, -0.2) is 3.21 Å². The van der Waals surface area contributed by atoms with Crippen LogP contribution < -0.4 is 24.8 Å². The Kier molecular flexibility index (Phi) is 6.55. The quantitative estimate of drug-likeness (QED) is 0.587. The third kappa shape index (κ3) is 3.39. The molecule has 0 aliphatic heterocycles. The van der Waals surface area contributed by atoms with Crippen molar-refractivity contribution in [3.8, 4) is 0 Å². The Bertz CT molecular complexity index is 823. The minimum atomic E-state index is -1.85. The maximum Gasteiger partial charge on any atom is -1.00 e. The molecule has 0 heterocycles. The Hall–Kier alpha value is -0.747. The summed E-state index contributed by atoms with van der Waals surface area (Å²) in [6.45, 7) is 0. The molecule has 0 spiro atoms. The topological polar surface area (TPSA) is 0 Å². The first-order valence-corrected chi connectivity index (χ1v) is 13.2. The number of hydrogen-bond donors (Lipinski definition) is 0. The Morgan fingerprint density at radius 2 is 1.12 bits per heavy atom. The number of fused-ring (bicyclic) bond motifs is 2. The minimum absolute atomic E-state index is 0. The molecule has 0 saturated heterocycles. The van der Waals surface area contributed by atoms with Crippen LogP contribution >= 0.6 is 0 Å². The van der Waals surface area contributed by atoms with Gasteiger partial charge in [0.05, 0.1) is 0 Å². The number of hydrogen-bond acceptors (Lipinski definition) is 0. The van der Waals surface area contributed by atoms with Crippen molar-refractivity contribution in [2.75, 3.05) is 0 Å². The van der Waals surface area contributed by atoms with E-state index >= 15 is 0 Å². The molecule has 2 aromatic carbocycles. The number of benzene rings is 2. The van der Waals surface area contributed by atoms with Crippen molar-refractivity contribution in [1.82, 2.24) is 0 Å². The summed E-state index contributed by atoms with van der Waals surface area (Å²) in [5, 5.41) is 0. The molecule has 3 aliphatic carbocycles. The molecule has 132 valence electrons. The summed E-state index contributed by atoms with van der Waals surface area (Å²) in [5.41, 5.74) is 6.16. The van der Waals surface area contributed by atoms with Crippen molar-refractivity contribution in [2.45, 2.75) is 32.9 Å². The van der Waals surface area contributed by atoms with Crippen molar-refractivity contribution in [1.29, 1.82) is 0 Å². The summed E-state index contributed by atoms with van der Waals surface area (Å²) in [6, 6.07) is 18.2. The van der Waals surface area contributed by atoms with Gasteiger partial charge in [0.25, 0.3) is 0 Å². The van der Waals surface area contributed by atoms with Gasteiger partial charge in [-0.05, 0) is 0 Å². The van der Waals surface area contributed by atoms with Gasteiger partial charge in [0.1, 0.15) is 0 Å². The zero-order valence-corrected chi connectivity index (χ0v) is 18.6. The van der Waals surface area contributed by atoms with Gasteiger partial charge in [-0.2, -0.15) is 0 Å². The van der Waals surface area contributed by atoms with E-state index in [9.17, 15) is 0 Å². The first kappa shape index (κ1) is 20.0. The van der Waals surface area contributed by atoms with E-state index in [-0.39, 0.29) is 24.8 Å². The van der Waals surface area contributed by atoms with Crippen LogP contribution in [0.15, 0.2) is 60.7 Å². The largest absolute Gasteiger partial charge is 1.00 e. The van der Waals surface area contributed by atoms with Gasteiger partial charge in [-0.15, -0.1) is 0 Å². The molecule has 0 bridgehead atoms. The van der Waals surface area contributed by atoms with Crippen LogP contribution in [0.2, 0.25) is 0 Å². The molecule has 5 rings (SSSR count). The first-order valence-electron chi connectivity index (χ1n) is 9.18. The van der Waals surface area contributed by atoms with Gasteiger partial charge < -0.3 is 24.8 Å². The van der Waals surface area contributed by atoms with E-state index in [0.29, 0.717) is 0 Å². The molecule has 3 aliphatic rings. The van der Waals surface area contributed by atoms with E-state index in [4.69, 9.17) is 0 Å². The fraction of sp³-hybridized carbons (Fsp3) is 0.261. The second kappa shape index (κ2) is 8.51. The van der Waals surface area contributed by atoms with E-state index < -0.39 is 21.3 Å². The molecular weight excluding hydrogens is 438 g/mol. The van der Waals surface area contributed by atoms with Gasteiger partial charge in [0.15, 0.2) is 0 Å². The first-order chi connectivity index (χ1) is 11.9. The summed E-state index contributed by atoms with van der Waals surface area (Å²) in [4.78, 5) is 0. The maximum atomic E-state index is 2.56. The summed E-state index contributed by atoms with van der Waals surface area (Å²) < 4.78 is 3.46. The van der Waals surface area contributed by atoms with Crippen LogP contribution in [0.1, 0.15) is 55.2 Å². The average Bonchev–Trinajstić information content (AvgIpc) is 3.36. The molecule has 26 heavy (non-hydrogen) atoms. The third-order valence-electron chi connectivity index (χ3n) is 5.88. The summed E-state index contributed by atoms with van der Waals surface area (Å²) in [7, 11) is 0. The SMILES string of the molecule is C1=C[CH]([Zr+2](=[C]2CCCC2)[CH]2C=Cc3ccccc32)c2ccccc21.[Cl-].[Cl-]. The van der Waals surface area contributed by atoms with E-state index in [0.717, 1.165) is 7.25 Å². The van der Waals surface area contributed by atoms with Gasteiger partial charge >= 0.3 is 152 Å². The molecule has 2 unspecified atom stereocenters. The van der Waals surface area contributed by atoms with E-state index in [2.05, 4.69) is 72.8 Å². The second-order valence-electron chi connectivity index (χ2n) is 7.20. The van der Waals surface area contributed by atoms with Crippen LogP contribution in [0.3, 0.4) is 0 Å². The number of halogens is 2. The smallest absolute Gasteiger partial charge is 1.00 e. The third-order valence-corrected chi connectivity index (χ3v) is 14.9. The van der Waals surface area contributed by atoms with Crippen molar-refractivity contribution in [2.24, 2.45) is 0 Å². The maximum absolute atomic E-state index is 2.56. The standard InChI is InChI=1S/2C9H7.C5H8.2ClH.Zr/c2*1-2-5-9-7-3-6-8(9)4-1;1-2-4-5-3-1;;;/h2*1-7H;1-4H2;2*1H;/q;;;;;+2/p-2. The number of allylic oxidation sites excluding steroid dienone is 2. The predicted molar refractivity (Wildman–Crippen MR) is 99.9 cm³/mol. The molecule has 3 heteroatoms.